The highest BCUT2D eigenvalue weighted by Crippen LogP contribution is 2.16. The molecule has 0 fully saturated rings. The highest BCUT2D eigenvalue weighted by molar-refractivity contribution is 6.67. The Balaban J connectivity index is 3.43. The molecule has 14 heavy (non-hydrogen) atoms. The van der Waals surface area contributed by atoms with Crippen LogP contribution < -0.4 is 5.43 Å². The van der Waals surface area contributed by atoms with Crippen LogP contribution in [0, 0.1) is 5.82 Å². The minimum atomic E-state index is -3.00. The van der Waals surface area contributed by atoms with Crippen LogP contribution in [0.25, 0.3) is 0 Å². The van der Waals surface area contributed by atoms with Crippen molar-refractivity contribution in [2.24, 2.45) is 0 Å². The van der Waals surface area contributed by atoms with Crippen LogP contribution >= 0.6 is 11.6 Å². The summed E-state index contributed by atoms with van der Waals surface area (Å²) >= 11 is 4.86. The summed E-state index contributed by atoms with van der Waals surface area (Å²) in [6.45, 7) is 0. The largest absolute Gasteiger partial charge is 0.348 e. The highest BCUT2D eigenvalue weighted by atomic mass is 35.5. The second-order valence-corrected chi connectivity index (χ2v) is 2.70. The molecule has 1 aromatic heterocycles. The normalized spacial score (nSPS) is 10.6. The molecule has 0 bridgehead atoms. The molecule has 76 valence electrons. The number of carbonyl (C=O) groups is 1. The van der Waals surface area contributed by atoms with Crippen molar-refractivity contribution in [1.82, 2.24) is 4.98 Å². The van der Waals surface area contributed by atoms with Crippen LogP contribution in [0.3, 0.4) is 0 Å². The van der Waals surface area contributed by atoms with Gasteiger partial charge in [0, 0.05) is 6.07 Å². The van der Waals surface area contributed by atoms with Gasteiger partial charge in [-0.2, -0.15) is 0 Å². The van der Waals surface area contributed by atoms with Gasteiger partial charge in [0.15, 0.2) is 5.82 Å². The molecule has 0 unspecified atom stereocenters. The molecule has 0 saturated carbocycles. The molecule has 0 atom stereocenters. The third kappa shape index (κ3) is 1.95. The number of rotatable bonds is 2. The van der Waals surface area contributed by atoms with Crippen molar-refractivity contribution in [3.05, 3.63) is 33.5 Å². The van der Waals surface area contributed by atoms with E-state index in [0.717, 1.165) is 0 Å². The first kappa shape index (κ1) is 10.8. The standard InChI is InChI=1S/C7H3ClF3NO2/c8-6(14)5-4(9)3(13)1-2(12-5)7(10)11/h1,7H,(H,12,13). The van der Waals surface area contributed by atoms with Gasteiger partial charge in [0.05, 0.1) is 5.69 Å². The van der Waals surface area contributed by atoms with Gasteiger partial charge in [0.1, 0.15) is 5.69 Å². The first-order valence-electron chi connectivity index (χ1n) is 3.34. The molecular weight excluding hydrogens is 223 g/mol. The van der Waals surface area contributed by atoms with Crippen molar-refractivity contribution in [3.63, 3.8) is 0 Å². The molecule has 0 saturated heterocycles. The number of aromatic nitrogens is 1. The molecule has 0 aliphatic carbocycles. The van der Waals surface area contributed by atoms with Crippen LogP contribution in [0.15, 0.2) is 10.9 Å². The quantitative estimate of drug-likeness (QED) is 0.781. The van der Waals surface area contributed by atoms with Crippen molar-refractivity contribution in [2.45, 2.75) is 6.43 Å². The first-order chi connectivity index (χ1) is 6.43. The Hall–Kier alpha value is -1.30. The van der Waals surface area contributed by atoms with Crippen LogP contribution in [0.2, 0.25) is 0 Å². The SMILES string of the molecule is O=C(Cl)c1[nH]c(C(F)F)cc(=O)c1F. The number of nitrogens with one attached hydrogen (secondary N) is 1. The van der Waals surface area contributed by atoms with E-state index < -0.39 is 34.3 Å². The lowest BCUT2D eigenvalue weighted by atomic mass is 10.3. The van der Waals surface area contributed by atoms with E-state index in [1.807, 2.05) is 0 Å². The van der Waals surface area contributed by atoms with E-state index in [4.69, 9.17) is 11.6 Å². The van der Waals surface area contributed by atoms with Gasteiger partial charge in [0.25, 0.3) is 11.7 Å². The van der Waals surface area contributed by atoms with E-state index in [1.54, 1.807) is 4.98 Å². The fourth-order valence-electron chi connectivity index (χ4n) is 0.816. The molecule has 0 aromatic carbocycles. The lowest BCUT2D eigenvalue weighted by Gasteiger charge is -2.02. The molecule has 3 nitrogen and oxygen atoms in total. The summed E-state index contributed by atoms with van der Waals surface area (Å²) in [5.41, 5.74) is -3.10. The Labute approximate surface area is 80.5 Å². The van der Waals surface area contributed by atoms with Crippen LogP contribution in [-0.2, 0) is 0 Å². The van der Waals surface area contributed by atoms with Crippen LogP contribution in [0.1, 0.15) is 22.6 Å². The van der Waals surface area contributed by atoms with Crippen molar-refractivity contribution in [2.75, 3.05) is 0 Å². The van der Waals surface area contributed by atoms with Gasteiger partial charge in [-0.1, -0.05) is 0 Å². The molecule has 0 amide bonds. The summed E-state index contributed by atoms with van der Waals surface area (Å²) in [6, 6.07) is 0.378. The average molecular weight is 226 g/mol. The monoisotopic (exact) mass is 225 g/mol. The van der Waals surface area contributed by atoms with Crippen molar-refractivity contribution in [1.29, 1.82) is 0 Å². The zero-order valence-corrected chi connectivity index (χ0v) is 7.24. The van der Waals surface area contributed by atoms with E-state index in [-0.39, 0.29) is 0 Å². The average Bonchev–Trinajstić information content (AvgIpc) is 2.08. The van der Waals surface area contributed by atoms with Crippen molar-refractivity contribution < 1.29 is 18.0 Å². The fraction of sp³-hybridized carbons (Fsp3) is 0.143. The molecule has 1 N–H and O–H groups in total. The predicted octanol–water partition coefficient (Wildman–Crippen LogP) is 1.83. The number of hydrogen-bond donors (Lipinski definition) is 1. The number of carbonyl (C=O) groups excluding carboxylic acids is 1. The maximum atomic E-state index is 12.8. The van der Waals surface area contributed by atoms with E-state index in [9.17, 15) is 22.8 Å². The number of alkyl halides is 2. The van der Waals surface area contributed by atoms with Gasteiger partial charge in [-0.25, -0.2) is 13.2 Å². The maximum Gasteiger partial charge on any atom is 0.278 e. The van der Waals surface area contributed by atoms with Crippen LogP contribution in [-0.4, -0.2) is 10.2 Å². The van der Waals surface area contributed by atoms with Gasteiger partial charge in [-0.3, -0.25) is 9.59 Å². The summed E-state index contributed by atoms with van der Waals surface area (Å²) in [5.74, 6) is -1.46. The Morgan fingerprint density at radius 3 is 2.50 bits per heavy atom. The second-order valence-electron chi connectivity index (χ2n) is 2.35. The molecule has 1 rings (SSSR count). The lowest BCUT2D eigenvalue weighted by Crippen LogP contribution is -2.15. The molecular formula is C7H3ClF3NO2. The first-order valence-corrected chi connectivity index (χ1v) is 3.72. The maximum absolute atomic E-state index is 12.8. The van der Waals surface area contributed by atoms with Crippen LogP contribution in [0.5, 0.6) is 0 Å². The molecule has 0 aliphatic heterocycles. The number of halogens is 4. The number of hydrogen-bond acceptors (Lipinski definition) is 2. The Bertz CT molecular complexity index is 429. The summed E-state index contributed by atoms with van der Waals surface area (Å²) in [5, 5.41) is -1.33. The molecule has 0 radical (unpaired) electrons. The summed E-state index contributed by atoms with van der Waals surface area (Å²) in [6.07, 6.45) is -3.00. The molecule has 0 spiro atoms. The van der Waals surface area contributed by atoms with Crippen molar-refractivity contribution in [3.8, 4) is 0 Å². The minimum Gasteiger partial charge on any atom is -0.348 e. The third-order valence-electron chi connectivity index (χ3n) is 1.42. The molecule has 1 aromatic rings. The lowest BCUT2D eigenvalue weighted by molar-refractivity contribution is 0.107. The number of pyridine rings is 1. The van der Waals surface area contributed by atoms with Gasteiger partial charge < -0.3 is 4.98 Å². The Morgan fingerprint density at radius 1 is 1.50 bits per heavy atom. The van der Waals surface area contributed by atoms with E-state index in [1.165, 1.54) is 0 Å². The van der Waals surface area contributed by atoms with E-state index >= 15 is 0 Å². The van der Waals surface area contributed by atoms with Gasteiger partial charge in [-0.05, 0) is 11.6 Å². The van der Waals surface area contributed by atoms with Crippen molar-refractivity contribution >= 4 is 16.8 Å². The number of H-pyrrole nitrogens is 1. The smallest absolute Gasteiger partial charge is 0.278 e. The predicted molar refractivity (Wildman–Crippen MR) is 42.2 cm³/mol. The Morgan fingerprint density at radius 2 is 2.07 bits per heavy atom. The zero-order valence-electron chi connectivity index (χ0n) is 6.48. The molecule has 7 heteroatoms. The third-order valence-corrected chi connectivity index (χ3v) is 1.61. The van der Waals surface area contributed by atoms with E-state index in [0.29, 0.717) is 6.07 Å². The molecule has 0 aliphatic rings. The van der Waals surface area contributed by atoms with Gasteiger partial charge in [0.2, 0.25) is 5.43 Å². The fourth-order valence-corrected chi connectivity index (χ4v) is 0.946. The highest BCUT2D eigenvalue weighted by Gasteiger charge is 2.18. The second kappa shape index (κ2) is 3.83. The topological polar surface area (TPSA) is 49.9 Å². The molecule has 1 heterocycles. The van der Waals surface area contributed by atoms with Crippen LogP contribution in [0.4, 0.5) is 13.2 Å². The van der Waals surface area contributed by atoms with Gasteiger partial charge in [-0.15, -0.1) is 0 Å². The summed E-state index contributed by atoms with van der Waals surface area (Å²) in [7, 11) is 0. The Kier molecular flexibility index (Phi) is 2.95. The van der Waals surface area contributed by atoms with Gasteiger partial charge >= 0.3 is 0 Å². The summed E-state index contributed by atoms with van der Waals surface area (Å²) < 4.78 is 37.0. The zero-order chi connectivity index (χ0) is 10.9. The number of aromatic amines is 1. The van der Waals surface area contributed by atoms with E-state index in [2.05, 4.69) is 0 Å². The minimum absolute atomic E-state index is 0.378. The summed E-state index contributed by atoms with van der Waals surface area (Å²) in [4.78, 5) is 23.0.